The molecule has 0 spiro atoms. The first-order valence-electron chi connectivity index (χ1n) is 4.11. The molecule has 0 amide bonds. The SMILES string of the molecule is Fc1ccc(-c2ccc(Cl)nn2)cc1F. The van der Waals surface area contributed by atoms with Crippen LogP contribution in [0.3, 0.4) is 0 Å². The Labute approximate surface area is 89.5 Å². The van der Waals surface area contributed by atoms with E-state index in [1.165, 1.54) is 12.1 Å². The molecule has 1 heterocycles. The molecule has 0 radical (unpaired) electrons. The van der Waals surface area contributed by atoms with Gasteiger partial charge in [-0.3, -0.25) is 0 Å². The number of nitrogens with zero attached hydrogens (tertiary/aromatic N) is 2. The van der Waals surface area contributed by atoms with Crippen LogP contribution < -0.4 is 0 Å². The van der Waals surface area contributed by atoms with Gasteiger partial charge in [-0.25, -0.2) is 8.78 Å². The van der Waals surface area contributed by atoms with E-state index in [1.54, 1.807) is 6.07 Å². The molecule has 0 saturated heterocycles. The Hall–Kier alpha value is -1.55. The van der Waals surface area contributed by atoms with Crippen LogP contribution in [0.5, 0.6) is 0 Å². The van der Waals surface area contributed by atoms with Gasteiger partial charge in [-0.15, -0.1) is 10.2 Å². The van der Waals surface area contributed by atoms with E-state index in [4.69, 9.17) is 11.6 Å². The zero-order valence-corrected chi connectivity index (χ0v) is 8.17. The van der Waals surface area contributed by atoms with Crippen molar-refractivity contribution in [2.75, 3.05) is 0 Å². The highest BCUT2D eigenvalue weighted by Crippen LogP contribution is 2.19. The molecule has 0 N–H and O–H groups in total. The van der Waals surface area contributed by atoms with Gasteiger partial charge in [0.2, 0.25) is 0 Å². The molecule has 2 rings (SSSR count). The molecule has 0 saturated carbocycles. The first kappa shape index (κ1) is 9.98. The summed E-state index contributed by atoms with van der Waals surface area (Å²) in [5.41, 5.74) is 0.899. The number of aromatic nitrogens is 2. The average molecular weight is 227 g/mol. The van der Waals surface area contributed by atoms with Crippen LogP contribution in [0, 0.1) is 11.6 Å². The van der Waals surface area contributed by atoms with Crippen molar-refractivity contribution in [2.45, 2.75) is 0 Å². The van der Waals surface area contributed by atoms with Crippen molar-refractivity contribution in [1.29, 1.82) is 0 Å². The lowest BCUT2D eigenvalue weighted by Crippen LogP contribution is -1.89. The van der Waals surface area contributed by atoms with Crippen molar-refractivity contribution in [2.24, 2.45) is 0 Å². The molecule has 5 heteroatoms. The molecule has 0 aliphatic rings. The predicted octanol–water partition coefficient (Wildman–Crippen LogP) is 3.08. The first-order chi connectivity index (χ1) is 7.16. The van der Waals surface area contributed by atoms with E-state index in [0.717, 1.165) is 12.1 Å². The van der Waals surface area contributed by atoms with Gasteiger partial charge in [0, 0.05) is 5.56 Å². The molecule has 0 atom stereocenters. The molecule has 1 aromatic carbocycles. The lowest BCUT2D eigenvalue weighted by atomic mass is 10.1. The Morgan fingerprint density at radius 3 is 2.33 bits per heavy atom. The van der Waals surface area contributed by atoms with Crippen molar-refractivity contribution in [1.82, 2.24) is 10.2 Å². The van der Waals surface area contributed by atoms with E-state index < -0.39 is 11.6 Å². The number of hydrogen-bond acceptors (Lipinski definition) is 2. The lowest BCUT2D eigenvalue weighted by molar-refractivity contribution is 0.509. The minimum Gasteiger partial charge on any atom is -0.204 e. The highest BCUT2D eigenvalue weighted by Gasteiger charge is 2.05. The topological polar surface area (TPSA) is 25.8 Å². The van der Waals surface area contributed by atoms with Gasteiger partial charge in [0.25, 0.3) is 0 Å². The van der Waals surface area contributed by atoms with Crippen LogP contribution in [0.1, 0.15) is 0 Å². The second-order valence-corrected chi connectivity index (χ2v) is 3.26. The van der Waals surface area contributed by atoms with Gasteiger partial charge in [-0.05, 0) is 30.3 Å². The molecule has 2 nitrogen and oxygen atoms in total. The van der Waals surface area contributed by atoms with Gasteiger partial charge < -0.3 is 0 Å². The normalized spacial score (nSPS) is 10.3. The van der Waals surface area contributed by atoms with Gasteiger partial charge in [-0.1, -0.05) is 11.6 Å². The van der Waals surface area contributed by atoms with E-state index in [1.807, 2.05) is 0 Å². The fraction of sp³-hybridized carbons (Fsp3) is 0. The van der Waals surface area contributed by atoms with E-state index in [0.29, 0.717) is 11.3 Å². The van der Waals surface area contributed by atoms with Gasteiger partial charge in [0.05, 0.1) is 5.69 Å². The highest BCUT2D eigenvalue weighted by atomic mass is 35.5. The predicted molar refractivity (Wildman–Crippen MR) is 52.4 cm³/mol. The largest absolute Gasteiger partial charge is 0.204 e. The Balaban J connectivity index is 2.45. The first-order valence-corrected chi connectivity index (χ1v) is 4.49. The number of halogens is 3. The summed E-state index contributed by atoms with van der Waals surface area (Å²) in [4.78, 5) is 0. The molecule has 0 bridgehead atoms. The van der Waals surface area contributed by atoms with Crippen molar-refractivity contribution >= 4 is 11.6 Å². The third kappa shape index (κ3) is 2.10. The van der Waals surface area contributed by atoms with Crippen LogP contribution in [-0.2, 0) is 0 Å². The quantitative estimate of drug-likeness (QED) is 0.747. The molecule has 0 fully saturated rings. The van der Waals surface area contributed by atoms with E-state index in [-0.39, 0.29) is 5.15 Å². The van der Waals surface area contributed by atoms with Gasteiger partial charge in [0.15, 0.2) is 16.8 Å². The van der Waals surface area contributed by atoms with Gasteiger partial charge in [-0.2, -0.15) is 0 Å². The molecule has 0 aliphatic carbocycles. The van der Waals surface area contributed by atoms with Crippen molar-refractivity contribution < 1.29 is 8.78 Å². The molecular weight excluding hydrogens is 222 g/mol. The molecule has 15 heavy (non-hydrogen) atoms. The average Bonchev–Trinajstić information content (AvgIpc) is 2.23. The third-order valence-corrected chi connectivity index (χ3v) is 2.05. The summed E-state index contributed by atoms with van der Waals surface area (Å²) in [7, 11) is 0. The third-order valence-electron chi connectivity index (χ3n) is 1.85. The van der Waals surface area contributed by atoms with E-state index in [2.05, 4.69) is 10.2 Å². The Kier molecular flexibility index (Phi) is 2.60. The molecule has 0 aliphatic heterocycles. The van der Waals surface area contributed by atoms with E-state index in [9.17, 15) is 8.78 Å². The number of hydrogen-bond donors (Lipinski definition) is 0. The van der Waals surface area contributed by atoms with Crippen LogP contribution in [0.4, 0.5) is 8.78 Å². The van der Waals surface area contributed by atoms with Crippen LogP contribution in [0.15, 0.2) is 30.3 Å². The van der Waals surface area contributed by atoms with Crippen LogP contribution in [0.2, 0.25) is 5.15 Å². The minimum absolute atomic E-state index is 0.251. The summed E-state index contributed by atoms with van der Waals surface area (Å²) in [5, 5.41) is 7.61. The molecule has 0 unspecified atom stereocenters. The minimum atomic E-state index is -0.913. The summed E-state index contributed by atoms with van der Waals surface area (Å²) >= 11 is 5.55. The van der Waals surface area contributed by atoms with Crippen LogP contribution >= 0.6 is 11.6 Å². The second kappa shape index (κ2) is 3.90. The summed E-state index contributed by atoms with van der Waals surface area (Å²) in [6, 6.07) is 6.65. The summed E-state index contributed by atoms with van der Waals surface area (Å²) in [5.74, 6) is -1.80. The van der Waals surface area contributed by atoms with E-state index >= 15 is 0 Å². The zero-order valence-electron chi connectivity index (χ0n) is 7.42. The summed E-state index contributed by atoms with van der Waals surface area (Å²) < 4.78 is 25.5. The second-order valence-electron chi connectivity index (χ2n) is 2.87. The monoisotopic (exact) mass is 226 g/mol. The summed E-state index contributed by atoms with van der Waals surface area (Å²) in [6.45, 7) is 0. The number of benzene rings is 1. The maximum absolute atomic E-state index is 12.9. The smallest absolute Gasteiger partial charge is 0.159 e. The molecule has 76 valence electrons. The Bertz CT molecular complexity index is 485. The molecular formula is C10H5ClF2N2. The zero-order chi connectivity index (χ0) is 10.8. The fourth-order valence-electron chi connectivity index (χ4n) is 1.13. The maximum atomic E-state index is 12.9. The fourth-order valence-corrected chi connectivity index (χ4v) is 1.23. The Morgan fingerprint density at radius 1 is 0.933 bits per heavy atom. The van der Waals surface area contributed by atoms with Crippen LogP contribution in [-0.4, -0.2) is 10.2 Å². The standard InChI is InChI=1S/C10H5ClF2N2/c11-10-4-3-9(14-15-10)6-1-2-7(12)8(13)5-6/h1-5H. The van der Waals surface area contributed by atoms with Crippen molar-refractivity contribution in [3.8, 4) is 11.3 Å². The Morgan fingerprint density at radius 2 is 1.73 bits per heavy atom. The van der Waals surface area contributed by atoms with Gasteiger partial charge in [0.1, 0.15) is 0 Å². The highest BCUT2D eigenvalue weighted by molar-refractivity contribution is 6.29. The lowest BCUT2D eigenvalue weighted by Gasteiger charge is -2.00. The summed E-state index contributed by atoms with van der Waals surface area (Å²) in [6.07, 6.45) is 0. The maximum Gasteiger partial charge on any atom is 0.159 e. The molecule has 1 aromatic heterocycles. The van der Waals surface area contributed by atoms with Gasteiger partial charge >= 0.3 is 0 Å². The van der Waals surface area contributed by atoms with Crippen molar-refractivity contribution in [3.63, 3.8) is 0 Å². The van der Waals surface area contributed by atoms with Crippen LogP contribution in [0.25, 0.3) is 11.3 Å². The molecule has 2 aromatic rings. The van der Waals surface area contributed by atoms with Crippen molar-refractivity contribution in [3.05, 3.63) is 47.1 Å². The number of rotatable bonds is 1.